The van der Waals surface area contributed by atoms with Crippen molar-refractivity contribution in [3.05, 3.63) is 65.7 Å². The molecule has 0 bridgehead atoms. The van der Waals surface area contributed by atoms with E-state index in [0.717, 1.165) is 5.56 Å². The van der Waals surface area contributed by atoms with Gasteiger partial charge in [-0.15, -0.1) is 0 Å². The third-order valence-electron chi connectivity index (χ3n) is 5.25. The van der Waals surface area contributed by atoms with E-state index in [0.29, 0.717) is 5.56 Å². The number of hydrogen-bond donors (Lipinski definition) is 4. The number of rotatable bonds is 10. The lowest BCUT2D eigenvalue weighted by atomic mass is 10.00. The first-order chi connectivity index (χ1) is 17.3. The van der Waals surface area contributed by atoms with E-state index in [1.54, 1.807) is 34.6 Å². The predicted molar refractivity (Wildman–Crippen MR) is 138 cm³/mol. The summed E-state index contributed by atoms with van der Waals surface area (Å²) in [6, 6.07) is 12.1. The molecule has 5 N–H and O–H groups in total. The minimum atomic E-state index is -1.36. The first-order valence-electron chi connectivity index (χ1n) is 12.0. The van der Waals surface area contributed by atoms with E-state index in [2.05, 4.69) is 10.6 Å². The number of nitrogens with two attached hydrogens (primary N) is 1. The third-order valence-corrected chi connectivity index (χ3v) is 5.25. The summed E-state index contributed by atoms with van der Waals surface area (Å²) in [4.78, 5) is 52.9. The van der Waals surface area contributed by atoms with Gasteiger partial charge in [0, 0.05) is 12.6 Å². The second-order valence-electron chi connectivity index (χ2n) is 9.91. The second-order valence-corrected chi connectivity index (χ2v) is 9.91. The molecule has 200 valence electrons. The van der Waals surface area contributed by atoms with E-state index in [1.165, 1.54) is 29.2 Å². The molecule has 37 heavy (non-hydrogen) atoms. The van der Waals surface area contributed by atoms with Gasteiger partial charge in [0.2, 0.25) is 17.7 Å². The highest BCUT2D eigenvalue weighted by molar-refractivity contribution is 5.94. The van der Waals surface area contributed by atoms with Gasteiger partial charge in [0.05, 0.1) is 6.42 Å². The number of nitrogens with one attached hydrogen (secondary N) is 2. The molecule has 0 fully saturated rings. The van der Waals surface area contributed by atoms with Crippen LogP contribution in [0.25, 0.3) is 0 Å². The topological polar surface area (TPSA) is 151 Å². The monoisotopic (exact) mass is 512 g/mol. The SMILES string of the molecule is CC(C)N(C(=O)C(CC(N)=O)NC(=O)OC(C)(C)C)C(C(=O)NCc1ccccc1)c1ccc(O)cc1. The summed E-state index contributed by atoms with van der Waals surface area (Å²) in [5.74, 6) is -1.99. The molecule has 2 unspecified atom stereocenters. The summed E-state index contributed by atoms with van der Waals surface area (Å²) in [7, 11) is 0. The molecule has 0 aromatic heterocycles. The van der Waals surface area contributed by atoms with E-state index in [9.17, 15) is 24.3 Å². The molecule has 0 saturated carbocycles. The van der Waals surface area contributed by atoms with E-state index >= 15 is 0 Å². The highest BCUT2D eigenvalue weighted by atomic mass is 16.6. The van der Waals surface area contributed by atoms with Crippen molar-refractivity contribution >= 4 is 23.8 Å². The average Bonchev–Trinajstić information content (AvgIpc) is 2.80. The number of ether oxygens (including phenoxy) is 1. The normalized spacial score (nSPS) is 12.8. The molecule has 0 aliphatic rings. The second kappa shape index (κ2) is 12.8. The summed E-state index contributed by atoms with van der Waals surface area (Å²) >= 11 is 0. The maximum atomic E-state index is 13.8. The van der Waals surface area contributed by atoms with Crippen molar-refractivity contribution < 1.29 is 29.0 Å². The number of primary amides is 1. The van der Waals surface area contributed by atoms with Crippen molar-refractivity contribution in [1.29, 1.82) is 0 Å². The van der Waals surface area contributed by atoms with Gasteiger partial charge in [-0.05, 0) is 57.9 Å². The smallest absolute Gasteiger partial charge is 0.408 e. The molecular formula is C27H36N4O6. The zero-order chi connectivity index (χ0) is 27.8. The molecule has 0 radical (unpaired) electrons. The Bertz CT molecular complexity index is 1080. The van der Waals surface area contributed by atoms with Gasteiger partial charge >= 0.3 is 6.09 Å². The zero-order valence-electron chi connectivity index (χ0n) is 21.9. The highest BCUT2D eigenvalue weighted by Crippen LogP contribution is 2.27. The molecule has 2 aromatic rings. The molecular weight excluding hydrogens is 476 g/mol. The van der Waals surface area contributed by atoms with Crippen molar-refractivity contribution in [2.45, 2.75) is 71.3 Å². The van der Waals surface area contributed by atoms with Crippen molar-refractivity contribution in [3.8, 4) is 5.75 Å². The van der Waals surface area contributed by atoms with Gasteiger partial charge in [0.15, 0.2) is 0 Å². The van der Waals surface area contributed by atoms with Crippen LogP contribution in [0.15, 0.2) is 54.6 Å². The molecule has 0 spiro atoms. The van der Waals surface area contributed by atoms with Crippen LogP contribution in [-0.4, -0.2) is 51.5 Å². The van der Waals surface area contributed by atoms with Crippen LogP contribution < -0.4 is 16.4 Å². The molecule has 10 nitrogen and oxygen atoms in total. The fourth-order valence-electron chi connectivity index (χ4n) is 3.69. The van der Waals surface area contributed by atoms with Gasteiger partial charge in [-0.3, -0.25) is 14.4 Å². The van der Waals surface area contributed by atoms with Crippen LogP contribution in [0.1, 0.15) is 58.2 Å². The Balaban J connectivity index is 2.44. The molecule has 0 aliphatic heterocycles. The number of carbonyl (C=O) groups excluding carboxylic acids is 4. The molecule has 10 heteroatoms. The Labute approximate surface area is 217 Å². The summed E-state index contributed by atoms with van der Waals surface area (Å²) in [6.45, 7) is 8.63. The molecule has 2 aromatic carbocycles. The van der Waals surface area contributed by atoms with Gasteiger partial charge in [0.25, 0.3) is 0 Å². The largest absolute Gasteiger partial charge is 0.508 e. The highest BCUT2D eigenvalue weighted by Gasteiger charge is 2.38. The molecule has 0 heterocycles. The minimum absolute atomic E-state index is 0.00665. The molecule has 0 saturated heterocycles. The van der Waals surface area contributed by atoms with Crippen molar-refractivity contribution in [2.75, 3.05) is 0 Å². The summed E-state index contributed by atoms with van der Waals surface area (Å²) in [5, 5.41) is 15.1. The first-order valence-corrected chi connectivity index (χ1v) is 12.0. The van der Waals surface area contributed by atoms with Crippen molar-refractivity contribution in [1.82, 2.24) is 15.5 Å². The Kier molecular flexibility index (Phi) is 10.0. The summed E-state index contributed by atoms with van der Waals surface area (Å²) < 4.78 is 5.25. The fourth-order valence-corrected chi connectivity index (χ4v) is 3.69. The molecule has 2 atom stereocenters. The maximum Gasteiger partial charge on any atom is 0.408 e. The van der Waals surface area contributed by atoms with E-state index in [4.69, 9.17) is 10.5 Å². The van der Waals surface area contributed by atoms with Crippen molar-refractivity contribution in [2.24, 2.45) is 5.73 Å². The molecule has 0 aliphatic carbocycles. The van der Waals surface area contributed by atoms with E-state index in [1.807, 2.05) is 30.3 Å². The van der Waals surface area contributed by atoms with Crippen LogP contribution in [0, 0.1) is 0 Å². The number of hydrogen-bond acceptors (Lipinski definition) is 6. The minimum Gasteiger partial charge on any atom is -0.508 e. The average molecular weight is 513 g/mol. The van der Waals surface area contributed by atoms with E-state index < -0.39 is 54.0 Å². The number of benzene rings is 2. The molecule has 2 rings (SSSR count). The van der Waals surface area contributed by atoms with Crippen molar-refractivity contribution in [3.63, 3.8) is 0 Å². The Morgan fingerprint density at radius 1 is 1.00 bits per heavy atom. The van der Waals surface area contributed by atoms with Gasteiger partial charge < -0.3 is 31.1 Å². The molecule has 4 amide bonds. The standard InChI is InChI=1S/C27H36N4O6/c1-17(2)31(25(35)21(15-22(28)33)30-26(36)37-27(3,4)5)23(19-11-13-20(32)14-12-19)24(34)29-16-18-9-7-6-8-10-18/h6-14,17,21,23,32H,15-16H2,1-5H3,(H2,28,33)(H,29,34)(H,30,36). The number of alkyl carbamates (subject to hydrolysis) is 1. The Morgan fingerprint density at radius 3 is 2.11 bits per heavy atom. The first kappa shape index (κ1) is 29.2. The summed E-state index contributed by atoms with van der Waals surface area (Å²) in [6.07, 6.45) is -1.39. The number of amides is 4. The number of aromatic hydroxyl groups is 1. The van der Waals surface area contributed by atoms with E-state index in [-0.39, 0.29) is 12.3 Å². The van der Waals surface area contributed by atoms with Gasteiger partial charge in [-0.2, -0.15) is 0 Å². The lowest BCUT2D eigenvalue weighted by Gasteiger charge is -2.37. The Hall–Kier alpha value is -4.08. The van der Waals surface area contributed by atoms with Crippen LogP contribution in [-0.2, 0) is 25.7 Å². The number of nitrogens with zero attached hydrogens (tertiary/aromatic N) is 1. The maximum absolute atomic E-state index is 13.8. The van der Waals surface area contributed by atoms with Crippen LogP contribution in [0.4, 0.5) is 4.79 Å². The number of phenols is 1. The third kappa shape index (κ3) is 9.14. The quantitative estimate of drug-likeness (QED) is 0.384. The van der Waals surface area contributed by atoms with Gasteiger partial charge in [-0.1, -0.05) is 42.5 Å². The predicted octanol–water partition coefficient (Wildman–Crippen LogP) is 2.76. The Morgan fingerprint density at radius 2 is 1.59 bits per heavy atom. The number of carbonyl (C=O) groups is 4. The summed E-state index contributed by atoms with van der Waals surface area (Å²) in [5.41, 5.74) is 5.83. The fraction of sp³-hybridized carbons (Fsp3) is 0.407. The van der Waals surface area contributed by atoms with Gasteiger partial charge in [-0.25, -0.2) is 4.79 Å². The van der Waals surface area contributed by atoms with Crippen LogP contribution in [0.5, 0.6) is 5.75 Å². The van der Waals surface area contributed by atoms with Crippen LogP contribution in [0.2, 0.25) is 0 Å². The lowest BCUT2D eigenvalue weighted by molar-refractivity contribution is -0.145. The number of phenolic OH excluding ortho intramolecular Hbond substituents is 1. The van der Waals surface area contributed by atoms with Gasteiger partial charge in [0.1, 0.15) is 23.4 Å². The van der Waals surface area contributed by atoms with Crippen LogP contribution >= 0.6 is 0 Å². The zero-order valence-corrected chi connectivity index (χ0v) is 21.9. The lowest BCUT2D eigenvalue weighted by Crippen LogP contribution is -2.55. The van der Waals surface area contributed by atoms with Crippen LogP contribution in [0.3, 0.4) is 0 Å².